The maximum atomic E-state index is 14.0. The molecule has 2 aromatic carbocycles. The molecule has 0 radical (unpaired) electrons. The number of halogens is 6. The summed E-state index contributed by atoms with van der Waals surface area (Å²) in [5.41, 5.74) is 1.29. The van der Waals surface area contributed by atoms with Crippen LogP contribution >= 0.6 is 23.2 Å². The van der Waals surface area contributed by atoms with Gasteiger partial charge in [0.15, 0.2) is 5.67 Å². The first-order valence-electron chi connectivity index (χ1n) is 15.4. The number of fused-ring (bicyclic) bond motifs is 2. The number of piperidine rings is 1. The standard InChI is InChI=1S/C32H36Cl2F4N6O2/c1-31(2,35)29(46)39-13-16-4-9-22(33)27(26(16)34)42-30-41-23-11-21(28(45)40-20-7-5-19(6-8-20)32(36,37)38)24(12-25(23)43(30)3)44-14-17-10-18(17)15-44/h4,9,11-12,17-20H,5-8,10,13-15H2,1-3H3,(H,39,46)(H,40,45)(H,41,42). The van der Waals surface area contributed by atoms with Crippen molar-refractivity contribution < 1.29 is 27.2 Å². The summed E-state index contributed by atoms with van der Waals surface area (Å²) in [6, 6.07) is 6.58. The number of aryl methyl sites for hydroxylation is 1. The largest absolute Gasteiger partial charge is 0.391 e. The fourth-order valence-corrected chi connectivity index (χ4v) is 7.08. The Morgan fingerprint density at radius 1 is 1.02 bits per heavy atom. The maximum Gasteiger partial charge on any atom is 0.391 e. The molecule has 0 spiro atoms. The third-order valence-corrected chi connectivity index (χ3v) is 10.2. The second-order valence-corrected chi connectivity index (χ2v) is 14.0. The highest BCUT2D eigenvalue weighted by molar-refractivity contribution is 6.39. The minimum Gasteiger partial charge on any atom is -0.370 e. The van der Waals surface area contributed by atoms with Gasteiger partial charge in [-0.25, -0.2) is 9.37 Å². The average molecular weight is 684 g/mol. The monoisotopic (exact) mass is 682 g/mol. The van der Waals surface area contributed by atoms with Crippen molar-refractivity contribution in [3.05, 3.63) is 45.4 Å². The van der Waals surface area contributed by atoms with Crippen LogP contribution in [-0.4, -0.2) is 52.3 Å². The predicted molar refractivity (Wildman–Crippen MR) is 171 cm³/mol. The van der Waals surface area contributed by atoms with E-state index in [0.29, 0.717) is 45.1 Å². The number of alkyl halides is 4. The number of nitrogens with zero attached hydrogens (tertiary/aromatic N) is 3. The van der Waals surface area contributed by atoms with E-state index in [-0.39, 0.29) is 49.2 Å². The Morgan fingerprint density at radius 3 is 2.33 bits per heavy atom. The van der Waals surface area contributed by atoms with Crippen molar-refractivity contribution >= 4 is 63.4 Å². The van der Waals surface area contributed by atoms with Crippen LogP contribution in [0.5, 0.6) is 0 Å². The normalized spacial score (nSPS) is 22.9. The van der Waals surface area contributed by atoms with E-state index in [1.165, 1.54) is 20.3 Å². The van der Waals surface area contributed by atoms with Crippen molar-refractivity contribution in [2.24, 2.45) is 24.8 Å². The molecule has 3 aromatic rings. The van der Waals surface area contributed by atoms with Gasteiger partial charge in [0.05, 0.1) is 43.9 Å². The van der Waals surface area contributed by atoms with Crippen LogP contribution in [0.1, 0.15) is 61.9 Å². The Morgan fingerprint density at radius 2 is 1.70 bits per heavy atom. The number of amides is 2. The van der Waals surface area contributed by atoms with Crippen molar-refractivity contribution in [2.45, 2.75) is 70.4 Å². The quantitative estimate of drug-likeness (QED) is 0.217. The van der Waals surface area contributed by atoms with E-state index < -0.39 is 23.7 Å². The van der Waals surface area contributed by atoms with E-state index in [9.17, 15) is 27.2 Å². The Bertz CT molecular complexity index is 1670. The highest BCUT2D eigenvalue weighted by Gasteiger charge is 2.46. The zero-order valence-electron chi connectivity index (χ0n) is 25.7. The first kappa shape index (κ1) is 32.7. The minimum atomic E-state index is -4.22. The summed E-state index contributed by atoms with van der Waals surface area (Å²) >= 11 is 13.2. The van der Waals surface area contributed by atoms with Crippen molar-refractivity contribution in [1.82, 2.24) is 20.2 Å². The zero-order chi connectivity index (χ0) is 33.1. The molecule has 2 heterocycles. The van der Waals surface area contributed by atoms with Gasteiger partial charge in [-0.1, -0.05) is 29.3 Å². The first-order chi connectivity index (χ1) is 21.6. The first-order valence-corrected chi connectivity index (χ1v) is 16.2. The van der Waals surface area contributed by atoms with Crippen LogP contribution in [0.15, 0.2) is 24.3 Å². The Hall–Kier alpha value is -3.25. The van der Waals surface area contributed by atoms with Crippen LogP contribution in [0.3, 0.4) is 0 Å². The number of nitrogens with one attached hydrogen (secondary N) is 3. The number of aromatic nitrogens is 2. The fraction of sp³-hybridized carbons (Fsp3) is 0.531. The summed E-state index contributed by atoms with van der Waals surface area (Å²) in [5.74, 6) is -0.834. The lowest BCUT2D eigenvalue weighted by molar-refractivity contribution is -0.182. The molecular weight excluding hydrogens is 647 g/mol. The highest BCUT2D eigenvalue weighted by atomic mass is 35.5. The van der Waals surface area contributed by atoms with Gasteiger partial charge in [0.2, 0.25) is 5.95 Å². The lowest BCUT2D eigenvalue weighted by atomic mass is 9.85. The van der Waals surface area contributed by atoms with Crippen molar-refractivity contribution in [2.75, 3.05) is 23.3 Å². The zero-order valence-corrected chi connectivity index (χ0v) is 27.2. The third kappa shape index (κ3) is 6.60. The smallest absolute Gasteiger partial charge is 0.370 e. The molecule has 3 fully saturated rings. The van der Waals surface area contributed by atoms with Crippen LogP contribution in [0, 0.1) is 17.8 Å². The molecule has 1 saturated heterocycles. The minimum absolute atomic E-state index is 0.00236. The Balaban J connectivity index is 1.27. The SMILES string of the molecule is Cn1c(Nc2c(Cl)ccc(CNC(=O)C(C)(C)F)c2Cl)nc2cc(C(=O)NC3CCC(C(F)(F)F)CC3)c(N3CC4CC4C3)cc21. The molecule has 248 valence electrons. The Kier molecular flexibility index (Phi) is 8.58. The van der Waals surface area contributed by atoms with Crippen LogP contribution in [0.2, 0.25) is 10.0 Å². The molecule has 3 aliphatic rings. The molecule has 2 amide bonds. The summed E-state index contributed by atoms with van der Waals surface area (Å²) in [7, 11) is 1.82. The second kappa shape index (κ2) is 12.1. The lowest BCUT2D eigenvalue weighted by Crippen LogP contribution is -2.40. The number of carbonyl (C=O) groups is 2. The van der Waals surface area contributed by atoms with Gasteiger partial charge >= 0.3 is 6.18 Å². The van der Waals surface area contributed by atoms with Gasteiger partial charge in [-0.15, -0.1) is 0 Å². The van der Waals surface area contributed by atoms with Crippen LogP contribution in [0.4, 0.5) is 34.9 Å². The van der Waals surface area contributed by atoms with Crippen LogP contribution in [-0.2, 0) is 18.4 Å². The molecule has 1 aromatic heterocycles. The number of rotatable bonds is 8. The molecule has 2 saturated carbocycles. The maximum absolute atomic E-state index is 14.0. The Labute approximate surface area is 274 Å². The third-order valence-electron chi connectivity index (χ3n) is 9.47. The van der Waals surface area contributed by atoms with Crippen LogP contribution < -0.4 is 20.9 Å². The molecule has 6 rings (SSSR count). The highest BCUT2D eigenvalue weighted by Crippen LogP contribution is 2.47. The van der Waals surface area contributed by atoms with Gasteiger partial charge < -0.3 is 25.4 Å². The van der Waals surface area contributed by atoms with E-state index in [4.69, 9.17) is 28.2 Å². The number of hydrogen-bond donors (Lipinski definition) is 3. The molecule has 2 aliphatic carbocycles. The van der Waals surface area contributed by atoms with Gasteiger partial charge in [-0.3, -0.25) is 9.59 Å². The molecule has 2 unspecified atom stereocenters. The van der Waals surface area contributed by atoms with E-state index in [1.54, 1.807) is 18.2 Å². The van der Waals surface area contributed by atoms with Gasteiger partial charge in [0, 0.05) is 32.7 Å². The number of hydrogen-bond acceptors (Lipinski definition) is 5. The average Bonchev–Trinajstić information content (AvgIpc) is 3.47. The van der Waals surface area contributed by atoms with Crippen molar-refractivity contribution in [3.8, 4) is 0 Å². The molecule has 46 heavy (non-hydrogen) atoms. The van der Waals surface area contributed by atoms with Gasteiger partial charge in [-0.2, -0.15) is 13.2 Å². The molecule has 2 atom stereocenters. The van der Waals surface area contributed by atoms with E-state index >= 15 is 0 Å². The van der Waals surface area contributed by atoms with Gasteiger partial charge in [0.1, 0.15) is 0 Å². The van der Waals surface area contributed by atoms with E-state index in [0.717, 1.165) is 24.3 Å². The lowest BCUT2D eigenvalue weighted by Gasteiger charge is -2.31. The molecule has 14 heteroatoms. The van der Waals surface area contributed by atoms with Gasteiger partial charge in [-0.05, 0) is 81.5 Å². The summed E-state index contributed by atoms with van der Waals surface area (Å²) in [6.07, 6.45) is -2.50. The second-order valence-electron chi connectivity index (χ2n) is 13.3. The van der Waals surface area contributed by atoms with Crippen LogP contribution in [0.25, 0.3) is 11.0 Å². The van der Waals surface area contributed by atoms with Gasteiger partial charge in [0.25, 0.3) is 11.8 Å². The molecule has 1 aliphatic heterocycles. The number of anilines is 3. The summed E-state index contributed by atoms with van der Waals surface area (Å²) in [5, 5.41) is 9.25. The molecule has 3 N–H and O–H groups in total. The molecular formula is C32H36Cl2F4N6O2. The summed E-state index contributed by atoms with van der Waals surface area (Å²) in [4.78, 5) is 32.7. The number of carbonyl (C=O) groups excluding carboxylic acids is 2. The summed E-state index contributed by atoms with van der Waals surface area (Å²) < 4.78 is 55.4. The topological polar surface area (TPSA) is 91.3 Å². The fourth-order valence-electron chi connectivity index (χ4n) is 6.55. The molecule has 0 bridgehead atoms. The summed E-state index contributed by atoms with van der Waals surface area (Å²) in [6.45, 7) is 3.99. The number of imidazole rings is 1. The number of benzene rings is 2. The van der Waals surface area contributed by atoms with E-state index in [2.05, 4.69) is 20.9 Å². The van der Waals surface area contributed by atoms with Crippen molar-refractivity contribution in [1.29, 1.82) is 0 Å². The van der Waals surface area contributed by atoms with E-state index in [1.807, 2.05) is 17.7 Å². The van der Waals surface area contributed by atoms with Crippen molar-refractivity contribution in [3.63, 3.8) is 0 Å². The predicted octanol–water partition coefficient (Wildman–Crippen LogP) is 7.30. The molecule has 8 nitrogen and oxygen atoms in total.